The SMILES string of the molecule is NCCCC[C@H](N)C(=O)O.[OH-]. The van der Waals surface area contributed by atoms with Crippen LogP contribution in [0, 0.1) is 0 Å². The Bertz CT molecular complexity index is 108. The summed E-state index contributed by atoms with van der Waals surface area (Å²) in [5.41, 5.74) is 10.4. The third kappa shape index (κ3) is 7.24. The zero-order valence-corrected chi connectivity index (χ0v) is 6.36. The number of aliphatic carboxylic acids is 1. The van der Waals surface area contributed by atoms with Crippen LogP contribution in [0.15, 0.2) is 0 Å². The maximum Gasteiger partial charge on any atom is 0.320 e. The Morgan fingerprint density at radius 3 is 2.36 bits per heavy atom. The largest absolute Gasteiger partial charge is 0.870 e. The van der Waals surface area contributed by atoms with Crippen molar-refractivity contribution < 1.29 is 15.4 Å². The van der Waals surface area contributed by atoms with Crippen molar-refractivity contribution in [1.29, 1.82) is 0 Å². The van der Waals surface area contributed by atoms with E-state index in [2.05, 4.69) is 0 Å². The van der Waals surface area contributed by atoms with Gasteiger partial charge in [0.1, 0.15) is 6.04 Å². The van der Waals surface area contributed by atoms with Crippen molar-refractivity contribution in [2.75, 3.05) is 6.54 Å². The molecule has 0 aliphatic heterocycles. The third-order valence-corrected chi connectivity index (χ3v) is 1.29. The van der Waals surface area contributed by atoms with Crippen molar-refractivity contribution in [3.63, 3.8) is 0 Å². The van der Waals surface area contributed by atoms with Gasteiger partial charge in [-0.2, -0.15) is 0 Å². The maximum absolute atomic E-state index is 10.1. The van der Waals surface area contributed by atoms with Gasteiger partial charge < -0.3 is 22.1 Å². The summed E-state index contributed by atoms with van der Waals surface area (Å²) in [4.78, 5) is 10.1. The van der Waals surface area contributed by atoms with Crippen molar-refractivity contribution in [2.24, 2.45) is 11.5 Å². The van der Waals surface area contributed by atoms with Crippen LogP contribution < -0.4 is 11.5 Å². The average molecular weight is 163 g/mol. The highest BCUT2D eigenvalue weighted by molar-refractivity contribution is 5.72. The highest BCUT2D eigenvalue weighted by atomic mass is 16.4. The topological polar surface area (TPSA) is 119 Å². The molecule has 0 rings (SSSR count). The van der Waals surface area contributed by atoms with E-state index < -0.39 is 12.0 Å². The van der Waals surface area contributed by atoms with Gasteiger partial charge >= 0.3 is 5.97 Å². The minimum atomic E-state index is -0.933. The molecule has 0 aliphatic carbocycles. The Hall–Kier alpha value is -0.650. The van der Waals surface area contributed by atoms with Crippen LogP contribution in [0.4, 0.5) is 0 Å². The van der Waals surface area contributed by atoms with E-state index in [9.17, 15) is 4.79 Å². The van der Waals surface area contributed by atoms with Crippen LogP contribution in [0.5, 0.6) is 0 Å². The highest BCUT2D eigenvalue weighted by Crippen LogP contribution is 1.96. The zero-order chi connectivity index (χ0) is 7.98. The molecule has 0 spiro atoms. The minimum absolute atomic E-state index is 0. The third-order valence-electron chi connectivity index (χ3n) is 1.29. The monoisotopic (exact) mass is 163 g/mol. The highest BCUT2D eigenvalue weighted by Gasteiger charge is 2.09. The first kappa shape index (κ1) is 13.0. The van der Waals surface area contributed by atoms with Gasteiger partial charge in [-0.3, -0.25) is 4.79 Å². The molecule has 68 valence electrons. The van der Waals surface area contributed by atoms with E-state index in [1.807, 2.05) is 0 Å². The summed E-state index contributed by atoms with van der Waals surface area (Å²) in [5, 5.41) is 8.33. The van der Waals surface area contributed by atoms with Gasteiger partial charge in [0.25, 0.3) is 0 Å². The zero-order valence-electron chi connectivity index (χ0n) is 6.36. The molecule has 0 aliphatic rings. The molecule has 11 heavy (non-hydrogen) atoms. The molecular formula is C6H15N2O3-. The smallest absolute Gasteiger partial charge is 0.320 e. The molecule has 0 bridgehead atoms. The molecule has 5 nitrogen and oxygen atoms in total. The second kappa shape index (κ2) is 7.46. The van der Waals surface area contributed by atoms with Crippen LogP contribution in [-0.4, -0.2) is 29.1 Å². The lowest BCUT2D eigenvalue weighted by atomic mass is 10.1. The Morgan fingerprint density at radius 2 is 2.00 bits per heavy atom. The van der Waals surface area contributed by atoms with Gasteiger partial charge in [-0.05, 0) is 19.4 Å². The fourth-order valence-electron chi connectivity index (χ4n) is 0.632. The molecule has 0 heterocycles. The predicted molar refractivity (Wildman–Crippen MR) is 40.5 cm³/mol. The van der Waals surface area contributed by atoms with Crippen molar-refractivity contribution in [3.05, 3.63) is 0 Å². The number of carboxylic acid groups (broad SMARTS) is 1. The molecule has 0 fully saturated rings. The predicted octanol–water partition coefficient (Wildman–Crippen LogP) is -0.649. The van der Waals surface area contributed by atoms with Gasteiger partial charge in [0.05, 0.1) is 0 Å². The molecule has 0 unspecified atom stereocenters. The molecule has 0 saturated heterocycles. The molecule has 0 aromatic rings. The lowest BCUT2D eigenvalue weighted by Gasteiger charge is -2.03. The van der Waals surface area contributed by atoms with Crippen molar-refractivity contribution in [1.82, 2.24) is 0 Å². The molecule has 0 aromatic heterocycles. The van der Waals surface area contributed by atoms with E-state index in [1.165, 1.54) is 0 Å². The lowest BCUT2D eigenvalue weighted by molar-refractivity contribution is -0.138. The fourth-order valence-corrected chi connectivity index (χ4v) is 0.632. The standard InChI is InChI=1S/C6H14N2O2.H2O/c7-4-2-1-3-5(8)6(9)10;/h5H,1-4,7-8H2,(H,9,10);1H2/p-1/t5-;/m0./s1. The van der Waals surface area contributed by atoms with Gasteiger partial charge in [0, 0.05) is 0 Å². The molecular weight excluding hydrogens is 148 g/mol. The van der Waals surface area contributed by atoms with Crippen LogP contribution in [0.1, 0.15) is 19.3 Å². The maximum atomic E-state index is 10.1. The minimum Gasteiger partial charge on any atom is -0.870 e. The molecule has 0 saturated carbocycles. The summed E-state index contributed by atoms with van der Waals surface area (Å²) in [6.07, 6.45) is 2.16. The van der Waals surface area contributed by atoms with Crippen molar-refractivity contribution in [3.8, 4) is 0 Å². The summed E-state index contributed by atoms with van der Waals surface area (Å²) in [6.45, 7) is 0.604. The Labute approximate surface area is 65.7 Å². The lowest BCUT2D eigenvalue weighted by Crippen LogP contribution is -2.29. The van der Waals surface area contributed by atoms with Gasteiger partial charge in [-0.15, -0.1) is 0 Å². The van der Waals surface area contributed by atoms with Gasteiger partial charge in [-0.1, -0.05) is 6.42 Å². The van der Waals surface area contributed by atoms with Crippen LogP contribution in [0.2, 0.25) is 0 Å². The van der Waals surface area contributed by atoms with Crippen LogP contribution in [0.3, 0.4) is 0 Å². The van der Waals surface area contributed by atoms with E-state index >= 15 is 0 Å². The van der Waals surface area contributed by atoms with Gasteiger partial charge in [0.15, 0.2) is 0 Å². The van der Waals surface area contributed by atoms with Crippen molar-refractivity contribution in [2.45, 2.75) is 25.3 Å². The van der Waals surface area contributed by atoms with E-state index in [0.717, 1.165) is 12.8 Å². The van der Waals surface area contributed by atoms with Crippen molar-refractivity contribution >= 4 is 5.97 Å². The number of hydrogen-bond acceptors (Lipinski definition) is 4. The van der Waals surface area contributed by atoms with Gasteiger partial charge in [-0.25, -0.2) is 0 Å². The fraction of sp³-hybridized carbons (Fsp3) is 0.833. The summed E-state index contributed by atoms with van der Waals surface area (Å²) in [6, 6.07) is -0.716. The number of rotatable bonds is 5. The van der Waals surface area contributed by atoms with E-state index in [4.69, 9.17) is 16.6 Å². The molecule has 5 heteroatoms. The van der Waals surface area contributed by atoms with E-state index in [0.29, 0.717) is 13.0 Å². The second-order valence-corrected chi connectivity index (χ2v) is 2.23. The summed E-state index contributed by atoms with van der Waals surface area (Å²) < 4.78 is 0. The first-order valence-corrected chi connectivity index (χ1v) is 3.37. The first-order chi connectivity index (χ1) is 4.68. The quantitative estimate of drug-likeness (QED) is 0.465. The number of hydrogen-bond donors (Lipinski definition) is 3. The molecule has 6 N–H and O–H groups in total. The molecule has 0 amide bonds. The molecule has 0 aromatic carbocycles. The van der Waals surface area contributed by atoms with Crippen LogP contribution in [-0.2, 0) is 4.79 Å². The van der Waals surface area contributed by atoms with Crippen LogP contribution >= 0.6 is 0 Å². The Balaban J connectivity index is 0. The summed E-state index contributed by atoms with van der Waals surface area (Å²) >= 11 is 0. The Morgan fingerprint density at radius 1 is 1.45 bits per heavy atom. The second-order valence-electron chi connectivity index (χ2n) is 2.23. The van der Waals surface area contributed by atoms with E-state index in [-0.39, 0.29) is 5.48 Å². The molecule has 1 atom stereocenters. The normalized spacial score (nSPS) is 11.8. The van der Waals surface area contributed by atoms with Crippen LogP contribution in [0.25, 0.3) is 0 Å². The number of nitrogens with two attached hydrogens (primary N) is 2. The van der Waals surface area contributed by atoms with Gasteiger partial charge in [0.2, 0.25) is 0 Å². The number of unbranched alkanes of at least 4 members (excludes halogenated alkanes) is 1. The average Bonchev–Trinajstić information content (AvgIpc) is 1.88. The number of carbonyl (C=O) groups is 1. The first-order valence-electron chi connectivity index (χ1n) is 3.37. The summed E-state index contributed by atoms with van der Waals surface area (Å²) in [7, 11) is 0. The Kier molecular flexibility index (Phi) is 8.80. The van der Waals surface area contributed by atoms with E-state index in [1.54, 1.807) is 0 Å². The molecule has 0 radical (unpaired) electrons. The summed E-state index contributed by atoms with van der Waals surface area (Å²) in [5.74, 6) is -0.933. The number of carboxylic acids is 1.